The van der Waals surface area contributed by atoms with Gasteiger partial charge in [-0.2, -0.15) is 5.26 Å². The lowest BCUT2D eigenvalue weighted by Gasteiger charge is -2.16. The van der Waals surface area contributed by atoms with E-state index in [0.717, 1.165) is 4.90 Å². The number of anilines is 2. The van der Waals surface area contributed by atoms with Gasteiger partial charge in [0, 0.05) is 10.9 Å². The first-order chi connectivity index (χ1) is 15.1. The number of rotatable bonds is 6. The van der Waals surface area contributed by atoms with Gasteiger partial charge >= 0.3 is 0 Å². The first-order valence-corrected chi connectivity index (χ1v) is 10.1. The minimum absolute atomic E-state index is 0.153. The summed E-state index contributed by atoms with van der Waals surface area (Å²) in [6.07, 6.45) is 0. The van der Waals surface area contributed by atoms with Gasteiger partial charge in [-0.1, -0.05) is 6.07 Å². The number of carbonyl (C=O) groups is 2. The molecule has 0 saturated carbocycles. The molecule has 2 amide bonds. The molecule has 7 nitrogen and oxygen atoms in total. The van der Waals surface area contributed by atoms with E-state index < -0.39 is 11.8 Å². The van der Waals surface area contributed by atoms with Gasteiger partial charge < -0.3 is 14.8 Å². The van der Waals surface area contributed by atoms with Crippen molar-refractivity contribution in [1.29, 1.82) is 5.26 Å². The van der Waals surface area contributed by atoms with E-state index in [0.29, 0.717) is 33.3 Å². The zero-order valence-corrected chi connectivity index (χ0v) is 17.5. The summed E-state index contributed by atoms with van der Waals surface area (Å²) in [5.74, 6) is 0.139. The summed E-state index contributed by atoms with van der Waals surface area (Å²) in [4.78, 5) is 28.5. The van der Waals surface area contributed by atoms with Gasteiger partial charge in [0.2, 0.25) is 0 Å². The van der Waals surface area contributed by atoms with Crippen LogP contribution in [-0.4, -0.2) is 26.0 Å². The Labute approximate surface area is 182 Å². The van der Waals surface area contributed by atoms with Gasteiger partial charge in [-0.15, -0.1) is 11.3 Å². The van der Waals surface area contributed by atoms with Gasteiger partial charge in [-0.3, -0.25) is 9.59 Å². The van der Waals surface area contributed by atoms with E-state index in [1.54, 1.807) is 55.6 Å². The van der Waals surface area contributed by atoms with Crippen molar-refractivity contribution < 1.29 is 19.1 Å². The molecule has 31 heavy (non-hydrogen) atoms. The van der Waals surface area contributed by atoms with E-state index in [1.165, 1.54) is 18.4 Å². The Morgan fingerprint density at radius 2 is 1.77 bits per heavy atom. The Kier molecular flexibility index (Phi) is 5.43. The summed E-state index contributed by atoms with van der Waals surface area (Å²) in [6.45, 7) is 0. The van der Waals surface area contributed by atoms with E-state index in [4.69, 9.17) is 14.7 Å². The maximum atomic E-state index is 13.4. The molecule has 0 atom stereocenters. The van der Waals surface area contributed by atoms with Crippen molar-refractivity contribution in [1.82, 2.24) is 0 Å². The van der Waals surface area contributed by atoms with E-state index in [9.17, 15) is 9.59 Å². The molecule has 0 unspecified atom stereocenters. The molecular formula is C23H17N3O4S. The highest BCUT2D eigenvalue weighted by Gasteiger charge is 2.41. The molecule has 1 aliphatic rings. The van der Waals surface area contributed by atoms with E-state index >= 15 is 0 Å². The zero-order valence-electron chi connectivity index (χ0n) is 16.7. The van der Waals surface area contributed by atoms with Crippen LogP contribution in [0.25, 0.3) is 5.57 Å². The Balaban J connectivity index is 1.78. The second-order valence-electron chi connectivity index (χ2n) is 6.52. The number of amides is 2. The minimum atomic E-state index is -0.490. The van der Waals surface area contributed by atoms with Crippen molar-refractivity contribution in [2.45, 2.75) is 0 Å². The Morgan fingerprint density at radius 1 is 1.00 bits per heavy atom. The average molecular weight is 431 g/mol. The first-order valence-electron chi connectivity index (χ1n) is 9.23. The smallest absolute Gasteiger partial charge is 0.282 e. The summed E-state index contributed by atoms with van der Waals surface area (Å²) in [6, 6.07) is 17.1. The summed E-state index contributed by atoms with van der Waals surface area (Å²) >= 11 is 1.37. The Hall–Kier alpha value is -4.09. The molecule has 1 aromatic heterocycles. The fraction of sp³-hybridized carbons (Fsp3) is 0.0870. The molecule has 4 rings (SSSR count). The molecular weight excluding hydrogens is 414 g/mol. The van der Waals surface area contributed by atoms with Crippen LogP contribution in [0.3, 0.4) is 0 Å². The van der Waals surface area contributed by atoms with Gasteiger partial charge in [-0.05, 0) is 47.8 Å². The van der Waals surface area contributed by atoms with Crippen LogP contribution in [0.1, 0.15) is 10.4 Å². The van der Waals surface area contributed by atoms with Crippen molar-refractivity contribution in [3.8, 4) is 17.6 Å². The van der Waals surface area contributed by atoms with E-state index in [-0.39, 0.29) is 11.3 Å². The van der Waals surface area contributed by atoms with Gasteiger partial charge in [0.05, 0.1) is 42.8 Å². The number of thiophene rings is 1. The number of benzene rings is 2. The molecule has 2 aromatic carbocycles. The van der Waals surface area contributed by atoms with Crippen LogP contribution in [0.4, 0.5) is 11.4 Å². The number of hydrogen-bond donors (Lipinski definition) is 1. The van der Waals surface area contributed by atoms with Crippen molar-refractivity contribution >= 4 is 40.1 Å². The second kappa shape index (κ2) is 8.34. The fourth-order valence-corrected chi connectivity index (χ4v) is 4.02. The highest BCUT2D eigenvalue weighted by atomic mass is 32.1. The van der Waals surface area contributed by atoms with Crippen LogP contribution >= 0.6 is 11.3 Å². The molecule has 0 aliphatic carbocycles. The maximum absolute atomic E-state index is 13.4. The third kappa shape index (κ3) is 3.63. The number of nitrogens with zero attached hydrogens (tertiary/aromatic N) is 2. The monoisotopic (exact) mass is 431 g/mol. The molecule has 3 aromatic rings. The van der Waals surface area contributed by atoms with Gasteiger partial charge in [-0.25, -0.2) is 4.90 Å². The molecule has 154 valence electrons. The predicted molar refractivity (Wildman–Crippen MR) is 118 cm³/mol. The van der Waals surface area contributed by atoms with Crippen LogP contribution < -0.4 is 19.7 Å². The minimum Gasteiger partial charge on any atom is -0.497 e. The molecule has 1 aliphatic heterocycles. The largest absolute Gasteiger partial charge is 0.497 e. The number of ether oxygens (including phenoxy) is 2. The van der Waals surface area contributed by atoms with Crippen molar-refractivity contribution in [2.75, 3.05) is 24.4 Å². The van der Waals surface area contributed by atoms with Crippen LogP contribution in [0, 0.1) is 11.3 Å². The van der Waals surface area contributed by atoms with Crippen LogP contribution in [0.15, 0.2) is 65.7 Å². The lowest BCUT2D eigenvalue weighted by Crippen LogP contribution is -2.32. The van der Waals surface area contributed by atoms with E-state index in [2.05, 4.69) is 5.32 Å². The Morgan fingerprint density at radius 3 is 2.39 bits per heavy atom. The summed E-state index contributed by atoms with van der Waals surface area (Å²) in [5, 5.41) is 14.0. The molecule has 0 spiro atoms. The number of nitriles is 1. The second-order valence-corrected chi connectivity index (χ2v) is 7.47. The molecule has 0 radical (unpaired) electrons. The average Bonchev–Trinajstić information content (AvgIpc) is 3.41. The van der Waals surface area contributed by atoms with Crippen molar-refractivity contribution in [3.05, 3.63) is 76.1 Å². The number of imide groups is 1. The molecule has 8 heteroatoms. The zero-order chi connectivity index (χ0) is 22.0. The molecule has 0 fully saturated rings. The molecule has 0 saturated heterocycles. The highest BCUT2D eigenvalue weighted by molar-refractivity contribution is 7.11. The summed E-state index contributed by atoms with van der Waals surface area (Å²) in [7, 11) is 3.06. The number of nitrogens with one attached hydrogen (secondary N) is 1. The third-order valence-electron chi connectivity index (χ3n) is 4.77. The van der Waals surface area contributed by atoms with Crippen LogP contribution in [0.5, 0.6) is 11.5 Å². The highest BCUT2D eigenvalue weighted by Crippen LogP contribution is 2.37. The standard InChI is InChI=1S/C23H17N3O4S/c1-29-16-9-10-17(18(12-16)30-2)25-21-20(19-4-3-11-31-19)22(27)26(23(21)28)15-7-5-14(13-24)6-8-15/h3-12,25H,1-2H3. The maximum Gasteiger partial charge on any atom is 0.282 e. The summed E-state index contributed by atoms with van der Waals surface area (Å²) < 4.78 is 10.6. The fourth-order valence-electron chi connectivity index (χ4n) is 3.25. The molecule has 1 N–H and O–H groups in total. The van der Waals surface area contributed by atoms with Crippen molar-refractivity contribution in [3.63, 3.8) is 0 Å². The number of carbonyl (C=O) groups excluding carboxylic acids is 2. The topological polar surface area (TPSA) is 91.7 Å². The normalized spacial score (nSPS) is 13.4. The third-order valence-corrected chi connectivity index (χ3v) is 5.66. The first kappa shape index (κ1) is 20.2. The van der Waals surface area contributed by atoms with Gasteiger partial charge in [0.25, 0.3) is 11.8 Å². The number of hydrogen-bond acceptors (Lipinski definition) is 7. The SMILES string of the molecule is COc1ccc(NC2=C(c3cccs3)C(=O)N(c3ccc(C#N)cc3)C2=O)c(OC)c1. The Bertz CT molecular complexity index is 1220. The van der Waals surface area contributed by atoms with Gasteiger partial charge in [0.15, 0.2) is 0 Å². The number of methoxy groups -OCH3 is 2. The van der Waals surface area contributed by atoms with Crippen molar-refractivity contribution in [2.24, 2.45) is 0 Å². The molecule has 0 bridgehead atoms. The lowest BCUT2D eigenvalue weighted by atomic mass is 10.1. The predicted octanol–water partition coefficient (Wildman–Crippen LogP) is 4.03. The van der Waals surface area contributed by atoms with Crippen LogP contribution in [0.2, 0.25) is 0 Å². The quantitative estimate of drug-likeness (QED) is 0.593. The lowest BCUT2D eigenvalue weighted by molar-refractivity contribution is -0.120. The summed E-state index contributed by atoms with van der Waals surface area (Å²) in [5.41, 5.74) is 1.79. The molecule has 2 heterocycles. The van der Waals surface area contributed by atoms with Gasteiger partial charge in [0.1, 0.15) is 17.2 Å². The van der Waals surface area contributed by atoms with Crippen LogP contribution in [-0.2, 0) is 9.59 Å². The van der Waals surface area contributed by atoms with E-state index in [1.807, 2.05) is 17.5 Å².